The topological polar surface area (TPSA) is 40.5 Å². The van der Waals surface area contributed by atoms with Gasteiger partial charge in [0.1, 0.15) is 0 Å². The molecule has 0 saturated heterocycles. The molecule has 0 aromatic rings. The molecule has 84 valence electrons. The van der Waals surface area contributed by atoms with Crippen LogP contribution in [0.15, 0.2) is 0 Å². The maximum Gasteiger partial charge on any atom is 0.309 e. The van der Waals surface area contributed by atoms with Crippen LogP contribution in [0, 0.1) is 5.41 Å². The molecule has 0 saturated carbocycles. The van der Waals surface area contributed by atoms with E-state index in [9.17, 15) is 4.79 Å². The molecule has 3 heteroatoms. The molecule has 0 aliphatic carbocycles. The van der Waals surface area contributed by atoms with E-state index in [0.717, 1.165) is 32.5 Å². The van der Waals surface area contributed by atoms with Crippen molar-refractivity contribution < 1.29 is 9.90 Å². The van der Waals surface area contributed by atoms with Crippen molar-refractivity contribution in [1.29, 1.82) is 0 Å². The van der Waals surface area contributed by atoms with E-state index in [-0.39, 0.29) is 0 Å². The Morgan fingerprint density at radius 2 is 1.86 bits per heavy atom. The molecule has 0 aliphatic heterocycles. The van der Waals surface area contributed by atoms with Crippen LogP contribution in [0.3, 0.4) is 0 Å². The average Bonchev–Trinajstić information content (AvgIpc) is 2.12. The third-order valence-electron chi connectivity index (χ3n) is 2.62. The number of carboxylic acids is 1. The summed E-state index contributed by atoms with van der Waals surface area (Å²) in [5, 5.41) is 8.94. The summed E-state index contributed by atoms with van der Waals surface area (Å²) in [5.74, 6) is -0.704. The smallest absolute Gasteiger partial charge is 0.309 e. The SMILES string of the molecule is CCCN(CC)CCC(C)(C)C(=O)O. The molecule has 0 bridgehead atoms. The summed E-state index contributed by atoms with van der Waals surface area (Å²) in [6.45, 7) is 10.8. The lowest BCUT2D eigenvalue weighted by atomic mass is 9.89. The Balaban J connectivity index is 3.95. The van der Waals surface area contributed by atoms with Crippen molar-refractivity contribution in [2.75, 3.05) is 19.6 Å². The molecule has 0 aromatic carbocycles. The number of carboxylic acid groups (broad SMARTS) is 1. The minimum Gasteiger partial charge on any atom is -0.481 e. The Hall–Kier alpha value is -0.570. The van der Waals surface area contributed by atoms with Gasteiger partial charge >= 0.3 is 5.97 Å². The van der Waals surface area contributed by atoms with Crippen LogP contribution < -0.4 is 0 Å². The molecule has 0 radical (unpaired) electrons. The van der Waals surface area contributed by atoms with Gasteiger partial charge in [0.05, 0.1) is 5.41 Å². The highest BCUT2D eigenvalue weighted by molar-refractivity contribution is 5.73. The van der Waals surface area contributed by atoms with Gasteiger partial charge in [0, 0.05) is 0 Å². The van der Waals surface area contributed by atoms with E-state index >= 15 is 0 Å². The molecule has 14 heavy (non-hydrogen) atoms. The van der Waals surface area contributed by atoms with E-state index in [4.69, 9.17) is 5.11 Å². The zero-order chi connectivity index (χ0) is 11.2. The normalized spacial score (nSPS) is 12.1. The first-order valence-corrected chi connectivity index (χ1v) is 5.39. The number of aliphatic carboxylic acids is 1. The number of hydrogen-bond acceptors (Lipinski definition) is 2. The fraction of sp³-hybridized carbons (Fsp3) is 0.909. The lowest BCUT2D eigenvalue weighted by molar-refractivity contribution is -0.147. The maximum absolute atomic E-state index is 10.9. The van der Waals surface area contributed by atoms with Gasteiger partial charge in [-0.25, -0.2) is 0 Å². The van der Waals surface area contributed by atoms with Crippen LogP contribution in [0.2, 0.25) is 0 Å². The fourth-order valence-corrected chi connectivity index (χ4v) is 1.29. The van der Waals surface area contributed by atoms with E-state index in [0.29, 0.717) is 0 Å². The van der Waals surface area contributed by atoms with Crippen LogP contribution in [0.5, 0.6) is 0 Å². The highest BCUT2D eigenvalue weighted by atomic mass is 16.4. The van der Waals surface area contributed by atoms with Gasteiger partial charge in [0.15, 0.2) is 0 Å². The predicted octanol–water partition coefficient (Wildman–Crippen LogP) is 2.22. The summed E-state index contributed by atoms with van der Waals surface area (Å²) in [6.07, 6.45) is 1.84. The summed E-state index contributed by atoms with van der Waals surface area (Å²) >= 11 is 0. The molecule has 0 aliphatic rings. The van der Waals surface area contributed by atoms with Gasteiger partial charge in [-0.2, -0.15) is 0 Å². The Labute approximate surface area is 87.1 Å². The van der Waals surface area contributed by atoms with E-state index < -0.39 is 11.4 Å². The monoisotopic (exact) mass is 201 g/mol. The Morgan fingerprint density at radius 3 is 2.21 bits per heavy atom. The predicted molar refractivity (Wildman–Crippen MR) is 58.4 cm³/mol. The van der Waals surface area contributed by atoms with Crippen LogP contribution in [-0.4, -0.2) is 35.6 Å². The van der Waals surface area contributed by atoms with Crippen molar-refractivity contribution in [2.45, 2.75) is 40.5 Å². The van der Waals surface area contributed by atoms with Crippen molar-refractivity contribution >= 4 is 5.97 Å². The molecular weight excluding hydrogens is 178 g/mol. The van der Waals surface area contributed by atoms with Crippen molar-refractivity contribution in [3.8, 4) is 0 Å². The van der Waals surface area contributed by atoms with Gasteiger partial charge < -0.3 is 10.0 Å². The first-order chi connectivity index (χ1) is 6.44. The van der Waals surface area contributed by atoms with E-state index in [1.807, 2.05) is 0 Å². The van der Waals surface area contributed by atoms with Gasteiger partial charge in [-0.15, -0.1) is 0 Å². The van der Waals surface area contributed by atoms with E-state index in [1.165, 1.54) is 0 Å². The van der Waals surface area contributed by atoms with Crippen molar-refractivity contribution in [2.24, 2.45) is 5.41 Å². The first-order valence-electron chi connectivity index (χ1n) is 5.39. The minimum atomic E-state index is -0.704. The maximum atomic E-state index is 10.9. The molecule has 0 unspecified atom stereocenters. The van der Waals surface area contributed by atoms with Crippen molar-refractivity contribution in [3.05, 3.63) is 0 Å². The van der Waals surface area contributed by atoms with Gasteiger partial charge in [0.25, 0.3) is 0 Å². The van der Waals surface area contributed by atoms with Crippen LogP contribution in [0.4, 0.5) is 0 Å². The largest absolute Gasteiger partial charge is 0.481 e. The van der Waals surface area contributed by atoms with E-state index in [1.54, 1.807) is 13.8 Å². The number of nitrogens with zero attached hydrogens (tertiary/aromatic N) is 1. The first kappa shape index (κ1) is 13.4. The summed E-state index contributed by atoms with van der Waals surface area (Å²) in [5.41, 5.74) is -0.596. The second-order valence-electron chi connectivity index (χ2n) is 4.37. The number of rotatable bonds is 7. The van der Waals surface area contributed by atoms with E-state index in [2.05, 4.69) is 18.7 Å². The average molecular weight is 201 g/mol. The molecule has 0 heterocycles. The molecule has 0 aromatic heterocycles. The third kappa shape index (κ3) is 4.61. The molecule has 0 spiro atoms. The summed E-state index contributed by atoms with van der Waals surface area (Å²) in [4.78, 5) is 13.2. The lowest BCUT2D eigenvalue weighted by Gasteiger charge is -2.25. The quantitative estimate of drug-likeness (QED) is 0.686. The third-order valence-corrected chi connectivity index (χ3v) is 2.62. The molecule has 1 N–H and O–H groups in total. The molecule has 0 amide bonds. The second kappa shape index (κ2) is 6.02. The van der Waals surface area contributed by atoms with Crippen LogP contribution in [0.25, 0.3) is 0 Å². The summed E-state index contributed by atoms with van der Waals surface area (Å²) in [7, 11) is 0. The van der Waals surface area contributed by atoms with Crippen LogP contribution in [0.1, 0.15) is 40.5 Å². The second-order valence-corrected chi connectivity index (χ2v) is 4.37. The lowest BCUT2D eigenvalue weighted by Crippen LogP contribution is -2.32. The van der Waals surface area contributed by atoms with Gasteiger partial charge in [0.2, 0.25) is 0 Å². The van der Waals surface area contributed by atoms with Crippen molar-refractivity contribution in [3.63, 3.8) is 0 Å². The molecular formula is C11H23NO2. The molecule has 0 atom stereocenters. The molecule has 0 rings (SSSR count). The Kier molecular flexibility index (Phi) is 5.77. The zero-order valence-electron chi connectivity index (χ0n) is 9.84. The number of carbonyl (C=O) groups is 1. The van der Waals surface area contributed by atoms with Gasteiger partial charge in [-0.05, 0) is 46.3 Å². The minimum absolute atomic E-state index is 0.596. The standard InChI is InChI=1S/C11H23NO2/c1-5-8-12(6-2)9-7-11(3,4)10(13)14/h5-9H2,1-4H3,(H,13,14). The Bertz CT molecular complexity index is 178. The molecule has 0 fully saturated rings. The number of hydrogen-bond donors (Lipinski definition) is 1. The molecule has 3 nitrogen and oxygen atoms in total. The fourth-order valence-electron chi connectivity index (χ4n) is 1.29. The van der Waals surface area contributed by atoms with Crippen LogP contribution >= 0.6 is 0 Å². The highest BCUT2D eigenvalue weighted by Crippen LogP contribution is 2.20. The van der Waals surface area contributed by atoms with Gasteiger partial charge in [-0.3, -0.25) is 4.79 Å². The zero-order valence-corrected chi connectivity index (χ0v) is 9.84. The summed E-state index contributed by atoms with van der Waals surface area (Å²) < 4.78 is 0. The van der Waals surface area contributed by atoms with Gasteiger partial charge in [-0.1, -0.05) is 13.8 Å². The van der Waals surface area contributed by atoms with Crippen LogP contribution in [-0.2, 0) is 4.79 Å². The summed E-state index contributed by atoms with van der Waals surface area (Å²) in [6, 6.07) is 0. The van der Waals surface area contributed by atoms with Crippen molar-refractivity contribution in [1.82, 2.24) is 4.90 Å². The highest BCUT2D eigenvalue weighted by Gasteiger charge is 2.26. The Morgan fingerprint density at radius 1 is 1.29 bits per heavy atom.